The van der Waals surface area contributed by atoms with Gasteiger partial charge < -0.3 is 12.9 Å². The number of hydrogen-bond acceptors (Lipinski definition) is 3. The quantitative estimate of drug-likeness (QED) is 0.226. The van der Waals surface area contributed by atoms with E-state index in [0.29, 0.717) is 0 Å². The van der Waals surface area contributed by atoms with Gasteiger partial charge in [-0.05, 0) is 64.9 Å². The maximum Gasteiger partial charge on any atom is 0.453 e. The highest BCUT2D eigenvalue weighted by atomic mass is 31.1. The third kappa shape index (κ3) is 3.94. The predicted octanol–water partition coefficient (Wildman–Crippen LogP) is 10.4. The molecule has 0 radical (unpaired) electrons. The molecular weight excluding hydrogens is 463 g/mol. The third-order valence-electron chi connectivity index (χ3n) is 6.78. The maximum atomic E-state index is 6.71. The molecule has 3 nitrogen and oxygen atoms in total. The monoisotopic (exact) mass is 492 g/mol. The highest BCUT2D eigenvalue weighted by molar-refractivity contribution is 7.32. The van der Waals surface area contributed by atoms with Crippen LogP contribution < -0.4 is 4.52 Å². The van der Waals surface area contributed by atoms with Crippen molar-refractivity contribution in [3.63, 3.8) is 0 Å². The fourth-order valence-electron chi connectivity index (χ4n) is 4.92. The molecule has 1 atom stereocenters. The van der Waals surface area contributed by atoms with E-state index in [9.17, 15) is 0 Å². The van der Waals surface area contributed by atoms with Gasteiger partial charge in [0.1, 0.15) is 11.2 Å². The van der Waals surface area contributed by atoms with Crippen LogP contribution >= 0.6 is 8.24 Å². The van der Waals surface area contributed by atoms with Crippen LogP contribution in [0.1, 0.15) is 37.5 Å². The van der Waals surface area contributed by atoms with Gasteiger partial charge in [0.2, 0.25) is 0 Å². The number of rotatable bonds is 2. The summed E-state index contributed by atoms with van der Waals surface area (Å²) >= 11 is 0. The fraction of sp³-hybridized carbons (Fsp3) is 0.188. The molecule has 1 heterocycles. The van der Waals surface area contributed by atoms with Crippen molar-refractivity contribution in [2.75, 3.05) is 0 Å². The number of hydrogen-bond donors (Lipinski definition) is 0. The molecule has 0 bridgehead atoms. The Balaban J connectivity index is 1.69. The molecule has 6 rings (SSSR count). The highest BCUT2D eigenvalue weighted by Crippen LogP contribution is 2.44. The van der Waals surface area contributed by atoms with Crippen LogP contribution in [0.4, 0.5) is 0 Å². The molecule has 0 saturated carbocycles. The number of fused-ring (bicyclic) bond motifs is 5. The van der Waals surface area contributed by atoms with Crippen LogP contribution in [0.15, 0.2) is 93.3 Å². The smallest absolute Gasteiger partial charge is 0.390 e. The topological polar surface area (TPSA) is 35.5 Å². The summed E-state index contributed by atoms with van der Waals surface area (Å²) in [6, 6.07) is 29.6. The van der Waals surface area contributed by atoms with Gasteiger partial charge in [0.05, 0.1) is 0 Å². The molecule has 1 aromatic heterocycles. The Hall–Kier alpha value is -3.68. The van der Waals surface area contributed by atoms with E-state index in [1.807, 2.05) is 12.1 Å². The summed E-state index contributed by atoms with van der Waals surface area (Å²) in [5.41, 5.74) is 5.07. The molecule has 0 N–H and O–H groups in total. The van der Waals surface area contributed by atoms with Gasteiger partial charge in [-0.3, -0.25) is 0 Å². The summed E-state index contributed by atoms with van der Waals surface area (Å²) in [5, 5.41) is 6.40. The Kier molecular flexibility index (Phi) is 5.35. The van der Waals surface area contributed by atoms with Gasteiger partial charge in [-0.25, -0.2) is 0 Å². The van der Waals surface area contributed by atoms with Gasteiger partial charge in [-0.15, -0.1) is 0 Å². The van der Waals surface area contributed by atoms with Crippen molar-refractivity contribution in [1.29, 1.82) is 0 Å². The van der Waals surface area contributed by atoms with E-state index < -0.39 is 8.24 Å². The zero-order valence-corrected chi connectivity index (χ0v) is 22.1. The average molecular weight is 493 g/mol. The van der Waals surface area contributed by atoms with Crippen molar-refractivity contribution in [2.45, 2.75) is 40.0 Å². The van der Waals surface area contributed by atoms with Crippen molar-refractivity contribution in [3.05, 3.63) is 102 Å². The Morgan fingerprint density at radius 2 is 1.33 bits per heavy atom. The summed E-state index contributed by atoms with van der Waals surface area (Å²) in [6.45, 7) is 10.8. The second-order valence-electron chi connectivity index (χ2n) is 10.6. The summed E-state index contributed by atoms with van der Waals surface area (Å²) in [7, 11) is -1.77. The molecular formula is C32H29O3P. The molecule has 4 heteroatoms. The van der Waals surface area contributed by atoms with Crippen molar-refractivity contribution >= 4 is 51.7 Å². The normalized spacial score (nSPS) is 12.5. The predicted molar refractivity (Wildman–Crippen MR) is 152 cm³/mol. The maximum absolute atomic E-state index is 6.71. The lowest BCUT2D eigenvalue weighted by atomic mass is 9.86. The first-order chi connectivity index (χ1) is 17.3. The summed E-state index contributed by atoms with van der Waals surface area (Å²) < 4.78 is 19.9. The Labute approximate surface area is 211 Å². The lowest BCUT2D eigenvalue weighted by Crippen LogP contribution is -2.10. The lowest BCUT2D eigenvalue weighted by molar-refractivity contribution is 0.503. The van der Waals surface area contributed by atoms with E-state index >= 15 is 0 Å². The van der Waals surface area contributed by atoms with E-state index in [1.54, 1.807) is 0 Å². The van der Waals surface area contributed by atoms with Crippen LogP contribution in [0.2, 0.25) is 0 Å². The molecule has 1 unspecified atom stereocenters. The SMILES string of the molecule is Cc1cc(C)c2op(Oc3c4ccccc4cc4ccccc34)oc3cc(C(C)(C)C)ccc3c2c1. The van der Waals surface area contributed by atoms with Gasteiger partial charge >= 0.3 is 8.24 Å². The van der Waals surface area contributed by atoms with Crippen LogP contribution in [0, 0.1) is 13.8 Å². The standard InChI is InChI=1S/C32H29O3P/c1-20-16-21(2)30-28(17-20)27-15-14-24(32(3,4)5)19-29(27)33-36(34-30)35-31-25-12-8-6-10-22(25)18-23-11-7-9-13-26(23)31/h6-19H,1-5H3. The average Bonchev–Trinajstić information content (AvgIpc) is 3.00. The molecule has 180 valence electrons. The molecule has 6 aromatic rings. The van der Waals surface area contributed by atoms with Crippen LogP contribution in [-0.4, -0.2) is 0 Å². The molecule has 0 aliphatic heterocycles. The van der Waals surface area contributed by atoms with Crippen molar-refractivity contribution in [2.24, 2.45) is 0 Å². The van der Waals surface area contributed by atoms with Crippen molar-refractivity contribution < 1.29 is 12.9 Å². The molecule has 0 fully saturated rings. The molecule has 5 aromatic carbocycles. The number of benzene rings is 5. The Bertz CT molecular complexity index is 1770. The largest absolute Gasteiger partial charge is 0.453 e. The summed E-state index contributed by atoms with van der Waals surface area (Å²) in [5.74, 6) is 0.788. The number of aryl methyl sites for hydroxylation is 2. The lowest BCUT2D eigenvalue weighted by Gasteiger charge is -2.18. The van der Waals surface area contributed by atoms with Crippen molar-refractivity contribution in [3.8, 4) is 5.75 Å². The minimum absolute atomic E-state index is 0.00759. The van der Waals surface area contributed by atoms with Crippen LogP contribution in [0.3, 0.4) is 0 Å². The van der Waals surface area contributed by atoms with Crippen LogP contribution in [0.25, 0.3) is 43.5 Å². The third-order valence-corrected chi connectivity index (χ3v) is 7.79. The summed E-state index contributed by atoms with van der Waals surface area (Å²) in [6.07, 6.45) is 0. The van der Waals surface area contributed by atoms with Gasteiger partial charge in [0.25, 0.3) is 0 Å². The minimum Gasteiger partial charge on any atom is -0.390 e. The second-order valence-corrected chi connectivity index (χ2v) is 11.6. The molecule has 0 aliphatic rings. The molecule has 0 saturated heterocycles. The molecule has 36 heavy (non-hydrogen) atoms. The van der Waals surface area contributed by atoms with Crippen LogP contribution in [-0.2, 0) is 5.41 Å². The van der Waals surface area contributed by atoms with Gasteiger partial charge in [0.15, 0.2) is 5.75 Å². The first kappa shape index (κ1) is 22.8. The Morgan fingerprint density at radius 1 is 0.667 bits per heavy atom. The zero-order chi connectivity index (χ0) is 25.0. The second kappa shape index (κ2) is 8.47. The van der Waals surface area contributed by atoms with Gasteiger partial charge in [-0.2, -0.15) is 0 Å². The molecule has 0 aliphatic carbocycles. The zero-order valence-electron chi connectivity index (χ0n) is 21.3. The first-order valence-corrected chi connectivity index (χ1v) is 13.4. The fourth-order valence-corrected chi connectivity index (χ4v) is 6.08. The van der Waals surface area contributed by atoms with Gasteiger partial charge in [-0.1, -0.05) is 87.5 Å². The highest BCUT2D eigenvalue weighted by Gasteiger charge is 2.18. The van der Waals surface area contributed by atoms with Crippen LogP contribution in [0.5, 0.6) is 5.75 Å². The molecule has 0 amide bonds. The van der Waals surface area contributed by atoms with E-state index in [2.05, 4.69) is 107 Å². The Morgan fingerprint density at radius 3 is 2.00 bits per heavy atom. The van der Waals surface area contributed by atoms with Crippen molar-refractivity contribution in [1.82, 2.24) is 0 Å². The summed E-state index contributed by atoms with van der Waals surface area (Å²) in [4.78, 5) is 0. The van der Waals surface area contributed by atoms with E-state index in [1.165, 1.54) is 11.1 Å². The molecule has 0 spiro atoms. The van der Waals surface area contributed by atoms with Gasteiger partial charge in [0, 0.05) is 21.5 Å². The minimum atomic E-state index is -1.77. The van der Waals surface area contributed by atoms with E-state index in [-0.39, 0.29) is 5.41 Å². The van der Waals surface area contributed by atoms with E-state index in [0.717, 1.165) is 54.8 Å². The van der Waals surface area contributed by atoms with E-state index in [4.69, 9.17) is 12.9 Å². The first-order valence-electron chi connectivity index (χ1n) is 12.3.